The Kier molecular flexibility index (Phi) is 6.04. The summed E-state index contributed by atoms with van der Waals surface area (Å²) in [4.78, 5) is 0.239. The number of nitrogens with one attached hydrogen (secondary N) is 1. The zero-order chi connectivity index (χ0) is 21.6. The summed E-state index contributed by atoms with van der Waals surface area (Å²) in [7, 11) is -3.72. The van der Waals surface area contributed by atoms with Crippen molar-refractivity contribution in [1.29, 1.82) is 0 Å². The Morgan fingerprint density at radius 1 is 1.21 bits per heavy atom. The van der Waals surface area contributed by atoms with E-state index in [1.54, 1.807) is 26.0 Å². The van der Waals surface area contributed by atoms with Gasteiger partial charge < -0.3 is 0 Å². The largest absolute Gasteiger partial charge is 0.436 e. The second-order valence-corrected chi connectivity index (χ2v) is 9.60. The van der Waals surface area contributed by atoms with Crippen LogP contribution in [0, 0.1) is 20.8 Å². The molecule has 160 valence electrons. The Morgan fingerprint density at radius 2 is 1.79 bits per heavy atom. The standard InChI is InChI=1S/C19H23ClF3N3O2S/c1-11-9-12(2)17(13(3)10-11)29(27,28)24-7-4-8-26-16(14-5-6-14)15(20)18(25-26)19(21,22)23/h9-10,14,24H,4-8H2,1-3H3. The number of benzene rings is 1. The van der Waals surface area contributed by atoms with Crippen molar-refractivity contribution < 1.29 is 21.6 Å². The van der Waals surface area contributed by atoms with Crippen LogP contribution in [0.4, 0.5) is 13.2 Å². The van der Waals surface area contributed by atoms with Crippen LogP contribution in [0.5, 0.6) is 0 Å². The predicted molar refractivity (Wildman–Crippen MR) is 105 cm³/mol. The normalized spacial score (nSPS) is 15.1. The molecule has 5 nitrogen and oxygen atoms in total. The van der Waals surface area contributed by atoms with Crippen LogP contribution < -0.4 is 4.72 Å². The van der Waals surface area contributed by atoms with Gasteiger partial charge in [0.2, 0.25) is 10.0 Å². The molecule has 0 saturated heterocycles. The second-order valence-electron chi connectivity index (χ2n) is 7.52. The number of aryl methyl sites for hydroxylation is 4. The molecule has 3 rings (SSSR count). The van der Waals surface area contributed by atoms with Gasteiger partial charge in [-0.05, 0) is 51.2 Å². The van der Waals surface area contributed by atoms with E-state index in [-0.39, 0.29) is 35.3 Å². The Balaban J connectivity index is 1.70. The molecule has 2 aromatic rings. The third kappa shape index (κ3) is 4.78. The third-order valence-corrected chi connectivity index (χ3v) is 7.01. The van der Waals surface area contributed by atoms with Crippen molar-refractivity contribution in [2.24, 2.45) is 0 Å². The molecule has 1 aromatic heterocycles. The molecule has 0 bridgehead atoms. The summed E-state index contributed by atoms with van der Waals surface area (Å²) >= 11 is 5.95. The van der Waals surface area contributed by atoms with Gasteiger partial charge in [-0.1, -0.05) is 29.3 Å². The lowest BCUT2D eigenvalue weighted by Gasteiger charge is -2.13. The molecule has 1 saturated carbocycles. The van der Waals surface area contributed by atoms with Crippen LogP contribution in [0.25, 0.3) is 0 Å². The molecule has 0 unspecified atom stereocenters. The van der Waals surface area contributed by atoms with Gasteiger partial charge in [-0.3, -0.25) is 4.68 Å². The van der Waals surface area contributed by atoms with Gasteiger partial charge in [0, 0.05) is 19.0 Å². The number of rotatable bonds is 7. The highest BCUT2D eigenvalue weighted by Gasteiger charge is 2.41. The van der Waals surface area contributed by atoms with E-state index in [1.807, 2.05) is 6.92 Å². The van der Waals surface area contributed by atoms with Crippen molar-refractivity contribution in [3.05, 3.63) is 45.2 Å². The van der Waals surface area contributed by atoms with E-state index in [2.05, 4.69) is 9.82 Å². The number of alkyl halides is 3. The van der Waals surface area contributed by atoms with Crippen LogP contribution in [-0.4, -0.2) is 24.7 Å². The number of nitrogens with zero attached hydrogens (tertiary/aromatic N) is 2. The number of hydrogen-bond donors (Lipinski definition) is 1. The molecule has 1 aromatic carbocycles. The maximum Gasteiger partial charge on any atom is 0.436 e. The first-order valence-electron chi connectivity index (χ1n) is 9.32. The molecule has 1 fully saturated rings. The van der Waals surface area contributed by atoms with Crippen LogP contribution in [0.15, 0.2) is 17.0 Å². The van der Waals surface area contributed by atoms with E-state index in [0.29, 0.717) is 16.8 Å². The Labute approximate surface area is 173 Å². The molecule has 29 heavy (non-hydrogen) atoms. The van der Waals surface area contributed by atoms with Crippen molar-refractivity contribution in [2.75, 3.05) is 6.54 Å². The third-order valence-electron chi connectivity index (χ3n) is 4.88. The zero-order valence-corrected chi connectivity index (χ0v) is 18.0. The van der Waals surface area contributed by atoms with Crippen LogP contribution >= 0.6 is 11.6 Å². The average Bonchev–Trinajstić information content (AvgIpc) is 3.33. The fraction of sp³-hybridized carbons (Fsp3) is 0.526. The molecule has 0 atom stereocenters. The van der Waals surface area contributed by atoms with Gasteiger partial charge in [0.15, 0.2) is 5.69 Å². The maximum atomic E-state index is 13.1. The van der Waals surface area contributed by atoms with Crippen molar-refractivity contribution in [3.63, 3.8) is 0 Å². The lowest BCUT2D eigenvalue weighted by atomic mass is 10.1. The molecule has 0 radical (unpaired) electrons. The van der Waals surface area contributed by atoms with E-state index in [9.17, 15) is 21.6 Å². The monoisotopic (exact) mass is 449 g/mol. The smallest absolute Gasteiger partial charge is 0.267 e. The molecular formula is C19H23ClF3N3O2S. The molecule has 10 heteroatoms. The molecule has 1 heterocycles. The van der Waals surface area contributed by atoms with Crippen molar-refractivity contribution in [2.45, 2.75) is 63.6 Å². The Bertz CT molecular complexity index is 1010. The lowest BCUT2D eigenvalue weighted by Crippen LogP contribution is -2.27. The van der Waals surface area contributed by atoms with E-state index >= 15 is 0 Å². The fourth-order valence-electron chi connectivity index (χ4n) is 3.65. The molecule has 1 N–H and O–H groups in total. The Morgan fingerprint density at radius 3 is 2.31 bits per heavy atom. The first-order chi connectivity index (χ1) is 13.4. The van der Waals surface area contributed by atoms with Crippen LogP contribution in [-0.2, 0) is 22.7 Å². The molecule has 0 amide bonds. The van der Waals surface area contributed by atoms with Crippen LogP contribution in [0.3, 0.4) is 0 Å². The SMILES string of the molecule is Cc1cc(C)c(S(=O)(=O)NCCCn2nc(C(F)(F)F)c(Cl)c2C2CC2)c(C)c1. The van der Waals surface area contributed by atoms with Crippen LogP contribution in [0.2, 0.25) is 5.02 Å². The number of hydrogen-bond acceptors (Lipinski definition) is 3. The quantitative estimate of drug-likeness (QED) is 0.622. The van der Waals surface area contributed by atoms with Gasteiger partial charge in [-0.25, -0.2) is 13.1 Å². The van der Waals surface area contributed by atoms with Gasteiger partial charge >= 0.3 is 6.18 Å². The summed E-state index contributed by atoms with van der Waals surface area (Å²) < 4.78 is 68.5. The first-order valence-corrected chi connectivity index (χ1v) is 11.2. The average molecular weight is 450 g/mol. The topological polar surface area (TPSA) is 64.0 Å². The highest BCUT2D eigenvalue weighted by molar-refractivity contribution is 7.89. The van der Waals surface area contributed by atoms with Crippen molar-refractivity contribution in [3.8, 4) is 0 Å². The zero-order valence-electron chi connectivity index (χ0n) is 16.4. The second kappa shape index (κ2) is 7.92. The molecule has 1 aliphatic carbocycles. The molecule has 0 aliphatic heterocycles. The van der Waals surface area contributed by atoms with Gasteiger partial charge in [-0.2, -0.15) is 18.3 Å². The lowest BCUT2D eigenvalue weighted by molar-refractivity contribution is -0.141. The van der Waals surface area contributed by atoms with Gasteiger partial charge in [0.25, 0.3) is 0 Å². The van der Waals surface area contributed by atoms with E-state index in [1.165, 1.54) is 4.68 Å². The van der Waals surface area contributed by atoms with Gasteiger partial charge in [-0.15, -0.1) is 0 Å². The minimum Gasteiger partial charge on any atom is -0.267 e. The summed E-state index contributed by atoms with van der Waals surface area (Å²) in [6.07, 6.45) is -2.77. The number of sulfonamides is 1. The summed E-state index contributed by atoms with van der Waals surface area (Å²) in [6, 6.07) is 3.60. The highest BCUT2D eigenvalue weighted by atomic mass is 35.5. The summed E-state index contributed by atoms with van der Waals surface area (Å²) in [5.41, 5.74) is 1.60. The van der Waals surface area contributed by atoms with E-state index < -0.39 is 21.9 Å². The van der Waals surface area contributed by atoms with Gasteiger partial charge in [0.1, 0.15) is 0 Å². The highest BCUT2D eigenvalue weighted by Crippen LogP contribution is 2.46. The van der Waals surface area contributed by atoms with Crippen molar-refractivity contribution in [1.82, 2.24) is 14.5 Å². The molecular weight excluding hydrogens is 427 g/mol. The molecule has 1 aliphatic rings. The summed E-state index contributed by atoms with van der Waals surface area (Å²) in [5, 5.41) is 3.31. The number of aromatic nitrogens is 2. The van der Waals surface area contributed by atoms with E-state index in [0.717, 1.165) is 18.4 Å². The maximum absolute atomic E-state index is 13.1. The predicted octanol–water partition coefficient (Wildman–Crippen LogP) is 4.73. The summed E-state index contributed by atoms with van der Waals surface area (Å²) in [5.74, 6) is -0.0133. The van der Waals surface area contributed by atoms with Crippen molar-refractivity contribution >= 4 is 21.6 Å². The van der Waals surface area contributed by atoms with Gasteiger partial charge in [0.05, 0.1) is 15.6 Å². The van der Waals surface area contributed by atoms with E-state index in [4.69, 9.17) is 11.6 Å². The summed E-state index contributed by atoms with van der Waals surface area (Å²) in [6.45, 7) is 5.60. The van der Waals surface area contributed by atoms with Crippen LogP contribution in [0.1, 0.15) is 53.3 Å². The first kappa shape index (κ1) is 22.1. The minimum absolute atomic E-state index is 0.0133. The number of halogens is 4. The minimum atomic E-state index is -4.62. The fourth-order valence-corrected chi connectivity index (χ4v) is 5.57. The Hall–Kier alpha value is -1.58. The molecule has 0 spiro atoms.